The Kier molecular flexibility index (Phi) is 3.01. The zero-order chi connectivity index (χ0) is 8.23. The summed E-state index contributed by atoms with van der Waals surface area (Å²) in [5, 5.41) is 6.86. The molecule has 2 aliphatic rings. The van der Waals surface area contributed by atoms with Crippen molar-refractivity contribution < 1.29 is 0 Å². The van der Waals surface area contributed by atoms with Gasteiger partial charge >= 0.3 is 0 Å². The molecule has 12 heavy (non-hydrogen) atoms. The molecular formula is C10H20N2. The highest BCUT2D eigenvalue weighted by molar-refractivity contribution is 4.76. The molecule has 2 N–H and O–H groups in total. The lowest BCUT2D eigenvalue weighted by molar-refractivity contribution is 0.429. The lowest BCUT2D eigenvalue weighted by Gasteiger charge is -2.11. The van der Waals surface area contributed by atoms with E-state index < -0.39 is 0 Å². The Morgan fingerprint density at radius 1 is 0.833 bits per heavy atom. The Balaban J connectivity index is 1.60. The van der Waals surface area contributed by atoms with Crippen molar-refractivity contribution in [3.63, 3.8) is 0 Å². The van der Waals surface area contributed by atoms with Crippen LogP contribution in [0, 0.1) is 11.8 Å². The minimum atomic E-state index is 0.991. The van der Waals surface area contributed by atoms with Gasteiger partial charge in [0.15, 0.2) is 0 Å². The van der Waals surface area contributed by atoms with E-state index in [0.717, 1.165) is 11.8 Å². The van der Waals surface area contributed by atoms with Gasteiger partial charge in [0.1, 0.15) is 0 Å². The summed E-state index contributed by atoms with van der Waals surface area (Å²) in [6, 6.07) is 0. The molecular weight excluding hydrogens is 148 g/mol. The Bertz CT molecular complexity index is 108. The minimum Gasteiger partial charge on any atom is -0.316 e. The van der Waals surface area contributed by atoms with Crippen LogP contribution in [0.2, 0.25) is 0 Å². The molecule has 2 rings (SSSR count). The third-order valence-electron chi connectivity index (χ3n) is 3.31. The summed E-state index contributed by atoms with van der Waals surface area (Å²) in [7, 11) is 0. The van der Waals surface area contributed by atoms with E-state index in [-0.39, 0.29) is 0 Å². The van der Waals surface area contributed by atoms with Crippen molar-refractivity contribution in [1.29, 1.82) is 0 Å². The first kappa shape index (κ1) is 8.52. The lowest BCUT2D eigenvalue weighted by Crippen LogP contribution is -2.12. The molecule has 2 heteroatoms. The van der Waals surface area contributed by atoms with Gasteiger partial charge in [-0.15, -0.1) is 0 Å². The molecule has 0 aromatic carbocycles. The summed E-state index contributed by atoms with van der Waals surface area (Å²) in [6.45, 7) is 5.07. The Labute approximate surface area is 75.1 Å². The lowest BCUT2D eigenvalue weighted by atomic mass is 9.95. The van der Waals surface area contributed by atoms with Crippen LogP contribution in [-0.4, -0.2) is 26.2 Å². The average Bonchev–Trinajstić information content (AvgIpc) is 2.74. The maximum Gasteiger partial charge on any atom is -0.00200 e. The standard InChI is InChI=1S/C10H20N2/c1(9-3-5-11-7-9)2-10-4-6-12-8-10/h9-12H,1-8H2/t9-,10+. The summed E-state index contributed by atoms with van der Waals surface area (Å²) in [5.41, 5.74) is 0. The Hall–Kier alpha value is -0.0800. The van der Waals surface area contributed by atoms with E-state index in [9.17, 15) is 0 Å². The zero-order valence-electron chi connectivity index (χ0n) is 7.81. The fourth-order valence-electron chi connectivity index (χ4n) is 2.39. The van der Waals surface area contributed by atoms with Crippen LogP contribution in [0.4, 0.5) is 0 Å². The predicted octanol–water partition coefficient (Wildman–Crippen LogP) is 0.986. The van der Waals surface area contributed by atoms with E-state index >= 15 is 0 Å². The zero-order valence-corrected chi connectivity index (χ0v) is 7.81. The van der Waals surface area contributed by atoms with Crippen LogP contribution in [0.5, 0.6) is 0 Å². The largest absolute Gasteiger partial charge is 0.316 e. The molecule has 0 spiro atoms. The van der Waals surface area contributed by atoms with Crippen molar-refractivity contribution in [1.82, 2.24) is 10.6 Å². The van der Waals surface area contributed by atoms with Crippen LogP contribution in [0.1, 0.15) is 25.7 Å². The molecule has 2 fully saturated rings. The van der Waals surface area contributed by atoms with Gasteiger partial charge in [0, 0.05) is 0 Å². The summed E-state index contributed by atoms with van der Waals surface area (Å²) >= 11 is 0. The number of nitrogens with one attached hydrogen (secondary N) is 2. The number of hydrogen-bond donors (Lipinski definition) is 2. The van der Waals surface area contributed by atoms with E-state index in [1.165, 1.54) is 51.9 Å². The van der Waals surface area contributed by atoms with Crippen molar-refractivity contribution in [3.8, 4) is 0 Å². The molecule has 2 atom stereocenters. The molecule has 2 saturated heterocycles. The first-order chi connectivity index (χ1) is 5.95. The highest BCUT2D eigenvalue weighted by Gasteiger charge is 2.18. The van der Waals surface area contributed by atoms with Gasteiger partial charge in [0.05, 0.1) is 0 Å². The van der Waals surface area contributed by atoms with Gasteiger partial charge in [-0.25, -0.2) is 0 Å². The molecule has 2 aliphatic heterocycles. The number of rotatable bonds is 3. The van der Waals surface area contributed by atoms with E-state index in [2.05, 4.69) is 10.6 Å². The highest BCUT2D eigenvalue weighted by atomic mass is 14.9. The average molecular weight is 168 g/mol. The van der Waals surface area contributed by atoms with Crippen molar-refractivity contribution in [3.05, 3.63) is 0 Å². The maximum absolute atomic E-state index is 3.43. The quantitative estimate of drug-likeness (QED) is 0.656. The number of hydrogen-bond acceptors (Lipinski definition) is 2. The van der Waals surface area contributed by atoms with Gasteiger partial charge in [-0.3, -0.25) is 0 Å². The van der Waals surface area contributed by atoms with Crippen molar-refractivity contribution >= 4 is 0 Å². The van der Waals surface area contributed by atoms with Crippen LogP contribution in [0.25, 0.3) is 0 Å². The molecule has 0 unspecified atom stereocenters. The summed E-state index contributed by atoms with van der Waals surface area (Å²) in [4.78, 5) is 0. The van der Waals surface area contributed by atoms with E-state index in [1.54, 1.807) is 0 Å². The molecule has 0 aromatic heterocycles. The van der Waals surface area contributed by atoms with E-state index in [4.69, 9.17) is 0 Å². The molecule has 0 saturated carbocycles. The van der Waals surface area contributed by atoms with Crippen molar-refractivity contribution in [2.45, 2.75) is 25.7 Å². The molecule has 0 aromatic rings. The van der Waals surface area contributed by atoms with E-state index in [1.807, 2.05) is 0 Å². The fourth-order valence-corrected chi connectivity index (χ4v) is 2.39. The van der Waals surface area contributed by atoms with Gasteiger partial charge in [-0.2, -0.15) is 0 Å². The normalized spacial score (nSPS) is 36.0. The summed E-state index contributed by atoms with van der Waals surface area (Å²) < 4.78 is 0. The Morgan fingerprint density at radius 3 is 1.67 bits per heavy atom. The first-order valence-corrected chi connectivity index (χ1v) is 5.36. The minimum absolute atomic E-state index is 0.991. The topological polar surface area (TPSA) is 24.1 Å². The smallest absolute Gasteiger partial charge is 0.00200 e. The van der Waals surface area contributed by atoms with E-state index in [0.29, 0.717) is 0 Å². The monoisotopic (exact) mass is 168 g/mol. The summed E-state index contributed by atoms with van der Waals surface area (Å²) in [5.74, 6) is 1.98. The molecule has 0 amide bonds. The highest BCUT2D eigenvalue weighted by Crippen LogP contribution is 2.21. The third kappa shape index (κ3) is 2.20. The van der Waals surface area contributed by atoms with Gasteiger partial charge in [0.25, 0.3) is 0 Å². The molecule has 2 nitrogen and oxygen atoms in total. The third-order valence-corrected chi connectivity index (χ3v) is 3.31. The second-order valence-corrected chi connectivity index (χ2v) is 4.29. The SMILES string of the molecule is C1C[C@H](CC[C@@H]2CCNC2)CN1. The first-order valence-electron chi connectivity index (χ1n) is 5.36. The van der Waals surface area contributed by atoms with Gasteiger partial charge < -0.3 is 10.6 Å². The molecule has 0 aliphatic carbocycles. The van der Waals surface area contributed by atoms with Gasteiger partial charge in [-0.1, -0.05) is 0 Å². The van der Waals surface area contributed by atoms with Crippen LogP contribution in [0.3, 0.4) is 0 Å². The van der Waals surface area contributed by atoms with Gasteiger partial charge in [-0.05, 0) is 63.7 Å². The van der Waals surface area contributed by atoms with Gasteiger partial charge in [0.2, 0.25) is 0 Å². The predicted molar refractivity (Wildman–Crippen MR) is 51.2 cm³/mol. The van der Waals surface area contributed by atoms with Crippen LogP contribution >= 0.6 is 0 Å². The Morgan fingerprint density at radius 2 is 1.33 bits per heavy atom. The fraction of sp³-hybridized carbons (Fsp3) is 1.00. The summed E-state index contributed by atoms with van der Waals surface area (Å²) in [6.07, 6.45) is 5.75. The molecule has 2 heterocycles. The maximum atomic E-state index is 3.43. The van der Waals surface area contributed by atoms with Crippen LogP contribution < -0.4 is 10.6 Å². The van der Waals surface area contributed by atoms with Crippen LogP contribution in [0.15, 0.2) is 0 Å². The molecule has 0 bridgehead atoms. The van der Waals surface area contributed by atoms with Crippen molar-refractivity contribution in [2.75, 3.05) is 26.2 Å². The van der Waals surface area contributed by atoms with Crippen molar-refractivity contribution in [2.24, 2.45) is 11.8 Å². The molecule has 0 radical (unpaired) electrons. The second kappa shape index (κ2) is 4.24. The second-order valence-electron chi connectivity index (χ2n) is 4.29. The van der Waals surface area contributed by atoms with Crippen LogP contribution in [-0.2, 0) is 0 Å². The molecule has 70 valence electrons.